The highest BCUT2D eigenvalue weighted by molar-refractivity contribution is 7.16. The number of hydrogen-bond donors (Lipinski definition) is 2. The van der Waals surface area contributed by atoms with Crippen LogP contribution in [0, 0.1) is 0 Å². The molecule has 0 saturated heterocycles. The molecule has 0 saturated carbocycles. The number of carbonyl (C=O) groups excluding carboxylic acids is 1. The third kappa shape index (κ3) is 3.86. The summed E-state index contributed by atoms with van der Waals surface area (Å²) in [5.74, 6) is 1.30. The lowest BCUT2D eigenvalue weighted by atomic mass is 10.0. The Morgan fingerprint density at radius 1 is 1.13 bits per heavy atom. The Morgan fingerprint density at radius 3 is 2.77 bits per heavy atom. The molecule has 2 aromatic carbocycles. The van der Waals surface area contributed by atoms with E-state index in [9.17, 15) is 4.79 Å². The summed E-state index contributed by atoms with van der Waals surface area (Å²) in [6, 6.07) is 15.8. The van der Waals surface area contributed by atoms with E-state index in [2.05, 4.69) is 22.6 Å². The molecule has 1 unspecified atom stereocenters. The maximum Gasteiger partial charge on any atom is 0.256 e. The SMILES string of the molecule is COc1cc(C2NC(=O)c3c(sc4c3CCN(C)C4)N2)ccc1OCc1ccccc1. The van der Waals surface area contributed by atoms with Gasteiger partial charge in [0.15, 0.2) is 11.5 Å². The smallest absolute Gasteiger partial charge is 0.256 e. The molecule has 0 spiro atoms. The molecule has 0 bridgehead atoms. The maximum absolute atomic E-state index is 13.0. The largest absolute Gasteiger partial charge is 0.493 e. The summed E-state index contributed by atoms with van der Waals surface area (Å²) in [5, 5.41) is 7.58. The minimum absolute atomic E-state index is 0.0100. The molecular formula is C24H25N3O3S. The fourth-order valence-electron chi connectivity index (χ4n) is 4.13. The molecule has 1 amide bonds. The van der Waals surface area contributed by atoms with Crippen molar-refractivity contribution in [1.29, 1.82) is 0 Å². The fourth-order valence-corrected chi connectivity index (χ4v) is 5.48. The number of benzene rings is 2. The van der Waals surface area contributed by atoms with Crippen molar-refractivity contribution in [2.75, 3.05) is 26.0 Å². The molecule has 0 fully saturated rings. The number of anilines is 1. The number of rotatable bonds is 5. The van der Waals surface area contributed by atoms with E-state index in [4.69, 9.17) is 9.47 Å². The van der Waals surface area contributed by atoms with Gasteiger partial charge < -0.3 is 25.0 Å². The first-order valence-electron chi connectivity index (χ1n) is 10.4. The maximum atomic E-state index is 13.0. The lowest BCUT2D eigenvalue weighted by Gasteiger charge is -2.27. The van der Waals surface area contributed by atoms with Crippen LogP contribution < -0.4 is 20.1 Å². The van der Waals surface area contributed by atoms with E-state index in [0.29, 0.717) is 18.1 Å². The van der Waals surface area contributed by atoms with E-state index in [1.54, 1.807) is 18.4 Å². The number of nitrogens with one attached hydrogen (secondary N) is 2. The topological polar surface area (TPSA) is 62.8 Å². The molecule has 5 rings (SSSR count). The quantitative estimate of drug-likeness (QED) is 0.630. The van der Waals surface area contributed by atoms with Crippen molar-refractivity contribution in [2.24, 2.45) is 0 Å². The van der Waals surface area contributed by atoms with Crippen LogP contribution in [-0.4, -0.2) is 31.5 Å². The Labute approximate surface area is 185 Å². The van der Waals surface area contributed by atoms with Crippen LogP contribution in [0.15, 0.2) is 48.5 Å². The lowest BCUT2D eigenvalue weighted by molar-refractivity contribution is 0.0934. The Kier molecular flexibility index (Phi) is 5.29. The van der Waals surface area contributed by atoms with E-state index in [-0.39, 0.29) is 12.1 Å². The molecule has 31 heavy (non-hydrogen) atoms. The average Bonchev–Trinajstić information content (AvgIpc) is 3.16. The first kappa shape index (κ1) is 19.9. The summed E-state index contributed by atoms with van der Waals surface area (Å²) in [6.07, 6.45) is 0.605. The van der Waals surface area contributed by atoms with Gasteiger partial charge in [-0.15, -0.1) is 11.3 Å². The molecule has 2 N–H and O–H groups in total. The zero-order valence-electron chi connectivity index (χ0n) is 17.6. The van der Waals surface area contributed by atoms with Crippen molar-refractivity contribution in [3.05, 3.63) is 75.7 Å². The van der Waals surface area contributed by atoms with Gasteiger partial charge in [-0.3, -0.25) is 4.79 Å². The van der Waals surface area contributed by atoms with Crippen molar-refractivity contribution < 1.29 is 14.3 Å². The molecule has 1 aromatic heterocycles. The van der Waals surface area contributed by atoms with Gasteiger partial charge in [0, 0.05) is 18.0 Å². The number of fused-ring (bicyclic) bond motifs is 3. The van der Waals surface area contributed by atoms with E-state index < -0.39 is 0 Å². The molecule has 6 nitrogen and oxygen atoms in total. The highest BCUT2D eigenvalue weighted by atomic mass is 32.1. The van der Waals surface area contributed by atoms with Crippen molar-refractivity contribution in [1.82, 2.24) is 10.2 Å². The Bertz CT molecular complexity index is 1110. The third-order valence-electron chi connectivity index (χ3n) is 5.78. The normalized spacial score (nSPS) is 17.9. The zero-order valence-corrected chi connectivity index (χ0v) is 18.4. The number of ether oxygens (including phenoxy) is 2. The van der Waals surface area contributed by atoms with Gasteiger partial charge in [0.25, 0.3) is 5.91 Å². The van der Waals surface area contributed by atoms with E-state index in [1.807, 2.05) is 48.5 Å². The van der Waals surface area contributed by atoms with Crippen LogP contribution in [0.5, 0.6) is 11.5 Å². The van der Waals surface area contributed by atoms with Gasteiger partial charge in [-0.1, -0.05) is 36.4 Å². The van der Waals surface area contributed by atoms with Crippen LogP contribution in [0.25, 0.3) is 0 Å². The van der Waals surface area contributed by atoms with Gasteiger partial charge in [-0.2, -0.15) is 0 Å². The monoisotopic (exact) mass is 435 g/mol. The number of nitrogens with zero attached hydrogens (tertiary/aromatic N) is 1. The molecule has 0 aliphatic carbocycles. The summed E-state index contributed by atoms with van der Waals surface area (Å²) in [4.78, 5) is 16.5. The van der Waals surface area contributed by atoms with Crippen LogP contribution in [0.1, 0.15) is 38.1 Å². The van der Waals surface area contributed by atoms with Crippen molar-refractivity contribution in [2.45, 2.75) is 25.7 Å². The molecule has 160 valence electrons. The molecular weight excluding hydrogens is 410 g/mol. The minimum atomic E-state index is -0.310. The molecule has 2 aliphatic rings. The number of methoxy groups -OCH3 is 1. The van der Waals surface area contributed by atoms with Crippen LogP contribution in [0.2, 0.25) is 0 Å². The first-order valence-corrected chi connectivity index (χ1v) is 11.2. The van der Waals surface area contributed by atoms with E-state index >= 15 is 0 Å². The highest BCUT2D eigenvalue weighted by Crippen LogP contribution is 2.41. The average molecular weight is 436 g/mol. The van der Waals surface area contributed by atoms with Crippen LogP contribution in [0.4, 0.5) is 5.00 Å². The Morgan fingerprint density at radius 2 is 1.97 bits per heavy atom. The number of thiophene rings is 1. The number of carbonyl (C=O) groups is 1. The number of amides is 1. The lowest BCUT2D eigenvalue weighted by Crippen LogP contribution is -2.38. The zero-order chi connectivity index (χ0) is 21.4. The van der Waals surface area contributed by atoms with Crippen molar-refractivity contribution in [3.8, 4) is 11.5 Å². The van der Waals surface area contributed by atoms with Crippen molar-refractivity contribution in [3.63, 3.8) is 0 Å². The number of likely N-dealkylation sites (N-methyl/N-ethyl adjacent to an activating group) is 1. The molecule has 0 radical (unpaired) electrons. The van der Waals surface area contributed by atoms with Gasteiger partial charge in [0.1, 0.15) is 17.8 Å². The Balaban J connectivity index is 1.36. The Hall–Kier alpha value is -3.03. The van der Waals surface area contributed by atoms with Crippen LogP contribution in [0.3, 0.4) is 0 Å². The van der Waals surface area contributed by atoms with E-state index in [0.717, 1.165) is 41.2 Å². The van der Waals surface area contributed by atoms with Gasteiger partial charge in [0.2, 0.25) is 0 Å². The summed E-state index contributed by atoms with van der Waals surface area (Å²) >= 11 is 1.69. The van der Waals surface area contributed by atoms with Gasteiger partial charge in [-0.05, 0) is 42.3 Å². The summed E-state index contributed by atoms with van der Waals surface area (Å²) < 4.78 is 11.5. The number of hydrogen-bond acceptors (Lipinski definition) is 6. The van der Waals surface area contributed by atoms with Crippen LogP contribution in [-0.2, 0) is 19.6 Å². The van der Waals surface area contributed by atoms with Gasteiger partial charge in [0.05, 0.1) is 12.7 Å². The third-order valence-corrected chi connectivity index (χ3v) is 6.93. The first-order chi connectivity index (χ1) is 15.1. The van der Waals surface area contributed by atoms with Crippen molar-refractivity contribution >= 4 is 22.2 Å². The minimum Gasteiger partial charge on any atom is -0.493 e. The van der Waals surface area contributed by atoms with E-state index in [1.165, 1.54) is 10.4 Å². The highest BCUT2D eigenvalue weighted by Gasteiger charge is 2.33. The van der Waals surface area contributed by atoms with Gasteiger partial charge in [-0.25, -0.2) is 0 Å². The fraction of sp³-hybridized carbons (Fsp3) is 0.292. The molecule has 3 aromatic rings. The standard InChI is InChI=1S/C24H25N3O3S/c1-27-11-10-17-20(13-27)31-24-21(17)23(28)25-22(26-24)16-8-9-18(19(12-16)29-2)30-14-15-6-4-3-5-7-15/h3-9,12,22,26H,10-11,13-14H2,1-2H3,(H,25,28). The predicted molar refractivity (Wildman–Crippen MR) is 122 cm³/mol. The molecule has 3 heterocycles. The molecule has 2 aliphatic heterocycles. The molecule has 7 heteroatoms. The predicted octanol–water partition coefficient (Wildman–Crippen LogP) is 4.18. The second-order valence-electron chi connectivity index (χ2n) is 7.93. The molecule has 1 atom stereocenters. The second kappa shape index (κ2) is 8.24. The van der Waals surface area contributed by atoms with Gasteiger partial charge >= 0.3 is 0 Å². The van der Waals surface area contributed by atoms with Crippen LogP contribution >= 0.6 is 11.3 Å². The summed E-state index contributed by atoms with van der Waals surface area (Å²) in [5.41, 5.74) is 4.03. The second-order valence-corrected chi connectivity index (χ2v) is 9.04. The summed E-state index contributed by atoms with van der Waals surface area (Å²) in [6.45, 7) is 2.34. The summed E-state index contributed by atoms with van der Waals surface area (Å²) in [7, 11) is 3.74.